The molecule has 3 aromatic heterocycles. The second kappa shape index (κ2) is 13.5. The fraction of sp³-hybridized carbons (Fsp3) is 0.241. The molecule has 0 bridgehead atoms. The highest BCUT2D eigenvalue weighted by molar-refractivity contribution is 7.21. The number of carbonyl (C=O) groups is 2. The summed E-state index contributed by atoms with van der Waals surface area (Å²) in [6, 6.07) is 10.5. The first kappa shape index (κ1) is 29.2. The molecule has 5 rings (SSSR count). The molecule has 1 N–H and O–H groups in total. The number of thiazole rings is 1. The Bertz CT molecular complexity index is 1670. The van der Waals surface area contributed by atoms with Crippen molar-refractivity contribution >= 4 is 50.7 Å². The molecule has 0 unspecified atom stereocenters. The Hall–Kier alpha value is -4.84. The number of amides is 1. The highest BCUT2D eigenvalue weighted by atomic mass is 32.1. The Labute approximate surface area is 240 Å². The molecule has 1 amide bonds. The quantitative estimate of drug-likeness (QED) is 0.162. The van der Waals surface area contributed by atoms with Gasteiger partial charge in [-0.1, -0.05) is 13.8 Å². The Morgan fingerprint density at radius 2 is 1.76 bits per heavy atom. The number of rotatable bonds is 9. The Balaban J connectivity index is 0.00000189. The first-order valence-corrected chi connectivity index (χ1v) is 13.6. The van der Waals surface area contributed by atoms with Gasteiger partial charge in [0.05, 0.1) is 53.6 Å². The number of carbonyl (C=O) groups excluding carboxylic acids is 2. The average molecular weight is 576 g/mol. The molecular weight excluding hydrogens is 546 g/mol. The molecule has 0 radical (unpaired) electrons. The van der Waals surface area contributed by atoms with Gasteiger partial charge in [0.15, 0.2) is 0 Å². The molecule has 0 aliphatic heterocycles. The summed E-state index contributed by atoms with van der Waals surface area (Å²) in [4.78, 5) is 41.4. The van der Waals surface area contributed by atoms with E-state index in [1.807, 2.05) is 32.9 Å². The second-order valence-corrected chi connectivity index (χ2v) is 9.30. The van der Waals surface area contributed by atoms with Crippen molar-refractivity contribution in [2.45, 2.75) is 20.8 Å². The maximum atomic E-state index is 12.0. The number of hydrogen-bond donors (Lipinski definition) is 1. The maximum Gasteiger partial charge on any atom is 0.411 e. The lowest BCUT2D eigenvalue weighted by Crippen LogP contribution is -2.17. The minimum Gasteiger partial charge on any atom is -0.490 e. The number of anilines is 1. The van der Waals surface area contributed by atoms with Crippen molar-refractivity contribution in [3.8, 4) is 28.1 Å². The zero-order chi connectivity index (χ0) is 29.4. The fourth-order valence-electron chi connectivity index (χ4n) is 3.84. The first-order chi connectivity index (χ1) is 20.0. The number of aryl methyl sites for hydroxylation is 1. The van der Waals surface area contributed by atoms with Gasteiger partial charge in [-0.3, -0.25) is 10.1 Å². The van der Waals surface area contributed by atoms with Crippen LogP contribution in [-0.4, -0.2) is 59.7 Å². The summed E-state index contributed by atoms with van der Waals surface area (Å²) >= 11 is 1.45. The largest absolute Gasteiger partial charge is 0.490 e. The molecule has 0 fully saturated rings. The Kier molecular flexibility index (Phi) is 9.59. The zero-order valence-corrected chi connectivity index (χ0v) is 24.1. The normalized spacial score (nSPS) is 10.5. The first-order valence-electron chi connectivity index (χ1n) is 12.8. The predicted molar refractivity (Wildman–Crippen MR) is 157 cm³/mol. The minimum absolute atomic E-state index is 0.0487. The number of aromatic nitrogens is 4. The van der Waals surface area contributed by atoms with Crippen molar-refractivity contribution in [1.82, 2.24) is 19.9 Å². The summed E-state index contributed by atoms with van der Waals surface area (Å²) in [6.45, 7) is 6.15. The molecule has 0 saturated carbocycles. The van der Waals surface area contributed by atoms with Crippen LogP contribution in [0.2, 0.25) is 0 Å². The summed E-state index contributed by atoms with van der Waals surface area (Å²) in [5, 5.41) is 3.29. The van der Waals surface area contributed by atoms with E-state index in [1.54, 1.807) is 24.3 Å². The van der Waals surface area contributed by atoms with Gasteiger partial charge in [0.25, 0.3) is 0 Å². The number of ether oxygens (including phenoxy) is 4. The predicted octanol–water partition coefficient (Wildman–Crippen LogP) is 6.09. The molecule has 0 spiro atoms. The van der Waals surface area contributed by atoms with E-state index in [2.05, 4.69) is 20.3 Å². The lowest BCUT2D eigenvalue weighted by Gasteiger charge is -2.09. The summed E-state index contributed by atoms with van der Waals surface area (Å²) in [6.07, 6.45) is 3.16. The van der Waals surface area contributed by atoms with Crippen molar-refractivity contribution in [2.75, 3.05) is 32.8 Å². The number of nitrogens with one attached hydrogen (secondary N) is 1. The van der Waals surface area contributed by atoms with Crippen LogP contribution >= 0.6 is 11.3 Å². The molecule has 11 nitrogen and oxygen atoms in total. The van der Waals surface area contributed by atoms with E-state index in [4.69, 9.17) is 23.9 Å². The van der Waals surface area contributed by atoms with Gasteiger partial charge in [0, 0.05) is 17.2 Å². The van der Waals surface area contributed by atoms with Crippen molar-refractivity contribution in [2.24, 2.45) is 0 Å². The highest BCUT2D eigenvalue weighted by Crippen LogP contribution is 2.37. The third kappa shape index (κ3) is 6.84. The van der Waals surface area contributed by atoms with Crippen molar-refractivity contribution in [3.63, 3.8) is 0 Å². The van der Waals surface area contributed by atoms with Crippen LogP contribution in [0.3, 0.4) is 0 Å². The minimum atomic E-state index is -0.616. The Morgan fingerprint density at radius 3 is 2.46 bits per heavy atom. The molecule has 0 atom stereocenters. The molecule has 3 heterocycles. The van der Waals surface area contributed by atoms with Crippen LogP contribution in [0.1, 0.15) is 29.8 Å². The number of nitrogens with zero attached hydrogens (tertiary/aromatic N) is 4. The van der Waals surface area contributed by atoms with Crippen LogP contribution < -0.4 is 19.5 Å². The van der Waals surface area contributed by atoms with E-state index in [0.29, 0.717) is 50.4 Å². The fourth-order valence-corrected chi connectivity index (χ4v) is 4.93. The zero-order valence-electron chi connectivity index (χ0n) is 23.3. The lowest BCUT2D eigenvalue weighted by molar-refractivity contribution is 0.112. The number of methoxy groups -OCH3 is 2. The van der Waals surface area contributed by atoms with Crippen LogP contribution in [0.4, 0.5) is 10.5 Å². The topological polar surface area (TPSA) is 135 Å². The van der Waals surface area contributed by atoms with Crippen LogP contribution in [0, 0.1) is 6.92 Å². The molecule has 0 saturated heterocycles. The summed E-state index contributed by atoms with van der Waals surface area (Å²) in [7, 11) is 3.02. The summed E-state index contributed by atoms with van der Waals surface area (Å²) in [5.74, 6) is 1.42. The van der Waals surface area contributed by atoms with E-state index in [-0.39, 0.29) is 13.2 Å². The number of benzene rings is 2. The van der Waals surface area contributed by atoms with E-state index in [9.17, 15) is 9.59 Å². The SMILES string of the molecule is CC.COc1ccc(NC(=O)OCCOc2cc(C)c3nc(-c4cc(C=O)cc5nc(OC)cnc45)sc3c2)cn1. The number of fused-ring (bicyclic) bond motifs is 2. The molecule has 0 aliphatic rings. The molecule has 2 aromatic carbocycles. The molecule has 212 valence electrons. The van der Waals surface area contributed by atoms with Crippen LogP contribution in [0.15, 0.2) is 48.8 Å². The van der Waals surface area contributed by atoms with Gasteiger partial charge in [-0.05, 0) is 42.8 Å². The van der Waals surface area contributed by atoms with Gasteiger partial charge in [0.1, 0.15) is 30.3 Å². The summed E-state index contributed by atoms with van der Waals surface area (Å²) < 4.78 is 22.1. The van der Waals surface area contributed by atoms with Gasteiger partial charge >= 0.3 is 6.09 Å². The highest BCUT2D eigenvalue weighted by Gasteiger charge is 2.16. The molecule has 0 aliphatic carbocycles. The molecule has 12 heteroatoms. The summed E-state index contributed by atoms with van der Waals surface area (Å²) in [5.41, 5.74) is 4.56. The van der Waals surface area contributed by atoms with Gasteiger partial charge < -0.3 is 18.9 Å². The number of hydrogen-bond acceptors (Lipinski definition) is 11. The number of pyridine rings is 1. The third-order valence-corrected chi connectivity index (χ3v) is 6.69. The van der Waals surface area contributed by atoms with Crippen molar-refractivity contribution < 1.29 is 28.5 Å². The van der Waals surface area contributed by atoms with Gasteiger partial charge in [0.2, 0.25) is 11.8 Å². The van der Waals surface area contributed by atoms with Gasteiger partial charge in [-0.2, -0.15) is 0 Å². The lowest BCUT2D eigenvalue weighted by atomic mass is 10.1. The van der Waals surface area contributed by atoms with Crippen LogP contribution in [-0.2, 0) is 4.74 Å². The standard InChI is InChI=1S/C27H23N5O6S.C2H6/c1-15-8-18(37-6-7-38-27(34)30-17-4-5-22(35-2)28-12-17)11-21-24(15)32-26(39-21)19-9-16(14-33)10-20-25(19)29-13-23(31-20)36-3;1-2/h4-5,8-14H,6-7H2,1-3H3,(H,30,34);1-2H3. The average Bonchev–Trinajstić information content (AvgIpc) is 3.44. The van der Waals surface area contributed by atoms with Gasteiger partial charge in [-0.15, -0.1) is 11.3 Å². The van der Waals surface area contributed by atoms with E-state index < -0.39 is 6.09 Å². The molecule has 5 aromatic rings. The maximum absolute atomic E-state index is 12.0. The smallest absolute Gasteiger partial charge is 0.411 e. The molecule has 41 heavy (non-hydrogen) atoms. The second-order valence-electron chi connectivity index (χ2n) is 8.27. The number of aldehydes is 1. The van der Waals surface area contributed by atoms with Crippen LogP contribution in [0.25, 0.3) is 31.8 Å². The van der Waals surface area contributed by atoms with E-state index in [0.717, 1.165) is 22.1 Å². The van der Waals surface area contributed by atoms with E-state index >= 15 is 0 Å². The monoisotopic (exact) mass is 575 g/mol. The van der Waals surface area contributed by atoms with Gasteiger partial charge in [-0.25, -0.2) is 24.7 Å². The van der Waals surface area contributed by atoms with Crippen molar-refractivity contribution in [3.05, 3.63) is 59.9 Å². The Morgan fingerprint density at radius 1 is 0.951 bits per heavy atom. The van der Waals surface area contributed by atoms with E-state index in [1.165, 1.54) is 38.0 Å². The van der Waals surface area contributed by atoms with Crippen molar-refractivity contribution in [1.29, 1.82) is 0 Å². The van der Waals surface area contributed by atoms with Crippen LogP contribution in [0.5, 0.6) is 17.5 Å². The molecular formula is C29H29N5O6S. The third-order valence-electron chi connectivity index (χ3n) is 5.66.